The van der Waals surface area contributed by atoms with Crippen molar-refractivity contribution >= 4 is 5.82 Å². The number of nitrogens with one attached hydrogen (secondary N) is 1. The van der Waals surface area contributed by atoms with Crippen LogP contribution in [0, 0.1) is 0 Å². The zero-order valence-electron chi connectivity index (χ0n) is 14.0. The lowest BCUT2D eigenvalue weighted by Gasteiger charge is -2.29. The van der Waals surface area contributed by atoms with E-state index in [1.807, 2.05) is 12.3 Å². The fraction of sp³-hybridized carbons (Fsp3) is 0.556. The van der Waals surface area contributed by atoms with Gasteiger partial charge in [-0.2, -0.15) is 0 Å². The van der Waals surface area contributed by atoms with Gasteiger partial charge in [-0.05, 0) is 31.4 Å². The van der Waals surface area contributed by atoms with Gasteiger partial charge in [-0.3, -0.25) is 0 Å². The molecule has 1 unspecified atom stereocenters. The largest absolute Gasteiger partial charge is 0.469 e. The van der Waals surface area contributed by atoms with Crippen LogP contribution in [0.15, 0.2) is 35.3 Å². The minimum Gasteiger partial charge on any atom is -0.469 e. The maximum Gasteiger partial charge on any atom is 0.132 e. The molecule has 1 aliphatic heterocycles. The molecule has 2 aromatic heterocycles. The second-order valence-corrected chi connectivity index (χ2v) is 6.62. The zero-order chi connectivity index (χ0) is 16.4. The van der Waals surface area contributed by atoms with E-state index in [0.717, 1.165) is 37.5 Å². The average molecular weight is 328 g/mol. The molecule has 1 fully saturated rings. The van der Waals surface area contributed by atoms with Gasteiger partial charge in [0.2, 0.25) is 0 Å². The predicted octanol–water partition coefficient (Wildman–Crippen LogP) is 2.33. The average Bonchev–Trinajstić information content (AvgIpc) is 3.27. The van der Waals surface area contributed by atoms with Crippen molar-refractivity contribution in [2.24, 2.45) is 0 Å². The monoisotopic (exact) mass is 328 g/mol. The third-order valence-electron chi connectivity index (χ3n) is 5.22. The summed E-state index contributed by atoms with van der Waals surface area (Å²) in [5.41, 5.74) is 1.33. The Morgan fingerprint density at radius 3 is 3.21 bits per heavy atom. The van der Waals surface area contributed by atoms with Crippen LogP contribution in [-0.4, -0.2) is 42.3 Å². The number of aryl methyl sites for hydroxylation is 1. The molecule has 6 heteroatoms. The quantitative estimate of drug-likeness (QED) is 0.909. The van der Waals surface area contributed by atoms with Gasteiger partial charge in [0.25, 0.3) is 0 Å². The van der Waals surface area contributed by atoms with E-state index in [0.29, 0.717) is 12.1 Å². The van der Waals surface area contributed by atoms with Crippen molar-refractivity contribution in [1.29, 1.82) is 0 Å². The SMILES string of the molecule is CO[C@@H]1C[C@H](CNC2CCCc3occc32)N(c2ccncn2)C1. The Balaban J connectivity index is 1.45. The number of anilines is 1. The molecule has 0 bridgehead atoms. The Bertz CT molecular complexity index is 660. The van der Waals surface area contributed by atoms with Crippen molar-refractivity contribution in [3.63, 3.8) is 0 Å². The molecule has 0 radical (unpaired) electrons. The number of furan rings is 1. The lowest BCUT2D eigenvalue weighted by molar-refractivity contribution is 0.118. The van der Waals surface area contributed by atoms with E-state index in [9.17, 15) is 0 Å². The van der Waals surface area contributed by atoms with Crippen LogP contribution >= 0.6 is 0 Å². The molecule has 0 amide bonds. The highest BCUT2D eigenvalue weighted by Crippen LogP contribution is 2.31. The van der Waals surface area contributed by atoms with Crippen molar-refractivity contribution in [2.45, 2.75) is 43.9 Å². The second kappa shape index (κ2) is 6.91. The van der Waals surface area contributed by atoms with Crippen molar-refractivity contribution in [3.8, 4) is 0 Å². The first-order valence-corrected chi connectivity index (χ1v) is 8.70. The van der Waals surface area contributed by atoms with E-state index >= 15 is 0 Å². The molecular formula is C18H24N4O2. The molecule has 4 rings (SSSR count). The highest BCUT2D eigenvalue weighted by Gasteiger charge is 2.33. The molecule has 128 valence electrons. The second-order valence-electron chi connectivity index (χ2n) is 6.62. The number of ether oxygens (including phenoxy) is 1. The van der Waals surface area contributed by atoms with E-state index in [4.69, 9.17) is 9.15 Å². The van der Waals surface area contributed by atoms with Crippen LogP contribution in [0.3, 0.4) is 0 Å². The number of rotatable bonds is 5. The lowest BCUT2D eigenvalue weighted by Crippen LogP contribution is -2.40. The molecule has 1 N–H and O–H groups in total. The fourth-order valence-electron chi connectivity index (χ4n) is 3.95. The van der Waals surface area contributed by atoms with E-state index in [1.165, 1.54) is 18.4 Å². The van der Waals surface area contributed by atoms with Gasteiger partial charge in [0.15, 0.2) is 0 Å². The topological polar surface area (TPSA) is 63.4 Å². The van der Waals surface area contributed by atoms with Crippen molar-refractivity contribution in [3.05, 3.63) is 42.2 Å². The first-order chi connectivity index (χ1) is 11.8. The maximum atomic E-state index is 5.60. The number of nitrogens with zero attached hydrogens (tertiary/aromatic N) is 3. The number of aromatic nitrogens is 2. The molecule has 0 aromatic carbocycles. The first kappa shape index (κ1) is 15.6. The highest BCUT2D eigenvalue weighted by molar-refractivity contribution is 5.40. The summed E-state index contributed by atoms with van der Waals surface area (Å²) in [7, 11) is 1.79. The van der Waals surface area contributed by atoms with Crippen LogP contribution in [0.1, 0.15) is 36.6 Å². The van der Waals surface area contributed by atoms with Gasteiger partial charge in [-0.25, -0.2) is 9.97 Å². The Labute approximate surface area is 142 Å². The van der Waals surface area contributed by atoms with Crippen LogP contribution in [0.25, 0.3) is 0 Å². The molecule has 3 heterocycles. The zero-order valence-corrected chi connectivity index (χ0v) is 14.0. The van der Waals surface area contributed by atoms with Crippen LogP contribution in [0.2, 0.25) is 0 Å². The highest BCUT2D eigenvalue weighted by atomic mass is 16.5. The Hall–Kier alpha value is -1.92. The lowest BCUT2D eigenvalue weighted by atomic mass is 9.93. The Kier molecular flexibility index (Phi) is 4.49. The van der Waals surface area contributed by atoms with Crippen LogP contribution in [0.5, 0.6) is 0 Å². The summed E-state index contributed by atoms with van der Waals surface area (Å²) in [6, 6.07) is 4.85. The summed E-state index contributed by atoms with van der Waals surface area (Å²) in [6.07, 6.45) is 9.89. The summed E-state index contributed by atoms with van der Waals surface area (Å²) in [4.78, 5) is 10.8. The Morgan fingerprint density at radius 2 is 2.38 bits per heavy atom. The van der Waals surface area contributed by atoms with Crippen molar-refractivity contribution in [2.75, 3.05) is 25.1 Å². The van der Waals surface area contributed by atoms with Gasteiger partial charge < -0.3 is 19.4 Å². The predicted molar refractivity (Wildman–Crippen MR) is 91.0 cm³/mol. The van der Waals surface area contributed by atoms with Gasteiger partial charge in [0, 0.05) is 50.5 Å². The number of fused-ring (bicyclic) bond motifs is 1. The molecule has 2 aliphatic rings. The van der Waals surface area contributed by atoms with E-state index in [-0.39, 0.29) is 6.10 Å². The van der Waals surface area contributed by atoms with Gasteiger partial charge in [-0.15, -0.1) is 0 Å². The molecule has 0 spiro atoms. The van der Waals surface area contributed by atoms with Crippen molar-refractivity contribution in [1.82, 2.24) is 15.3 Å². The molecular weight excluding hydrogens is 304 g/mol. The number of methoxy groups -OCH3 is 1. The summed E-state index contributed by atoms with van der Waals surface area (Å²) in [6.45, 7) is 1.79. The van der Waals surface area contributed by atoms with Gasteiger partial charge >= 0.3 is 0 Å². The van der Waals surface area contributed by atoms with Crippen LogP contribution < -0.4 is 10.2 Å². The van der Waals surface area contributed by atoms with Gasteiger partial charge in [0.1, 0.15) is 17.9 Å². The maximum absolute atomic E-state index is 5.60. The van der Waals surface area contributed by atoms with E-state index in [1.54, 1.807) is 19.6 Å². The summed E-state index contributed by atoms with van der Waals surface area (Å²) in [5, 5.41) is 3.75. The first-order valence-electron chi connectivity index (χ1n) is 8.70. The molecule has 2 aromatic rings. The third kappa shape index (κ3) is 3.03. The number of hydrogen-bond donors (Lipinski definition) is 1. The molecule has 1 saturated heterocycles. The molecule has 0 saturated carbocycles. The van der Waals surface area contributed by atoms with Gasteiger partial charge in [0.05, 0.1) is 12.4 Å². The molecule has 1 aliphatic carbocycles. The van der Waals surface area contributed by atoms with Crippen LogP contribution in [0.4, 0.5) is 5.82 Å². The smallest absolute Gasteiger partial charge is 0.132 e. The third-order valence-corrected chi connectivity index (χ3v) is 5.22. The molecule has 24 heavy (non-hydrogen) atoms. The van der Waals surface area contributed by atoms with E-state index < -0.39 is 0 Å². The summed E-state index contributed by atoms with van der Waals surface area (Å²) < 4.78 is 11.2. The fourth-order valence-corrected chi connectivity index (χ4v) is 3.95. The molecule has 3 atom stereocenters. The minimum absolute atomic E-state index is 0.252. The standard InChI is InChI=1S/C18H24N4O2/c1-23-14-9-13(22(11-14)18-5-7-19-12-21-18)10-20-16-3-2-4-17-15(16)6-8-24-17/h5-8,12-14,16,20H,2-4,9-11H2,1H3/t13-,14-,16?/m1/s1. The Morgan fingerprint density at radius 1 is 1.42 bits per heavy atom. The summed E-state index contributed by atoms with van der Waals surface area (Å²) in [5.74, 6) is 2.12. The summed E-state index contributed by atoms with van der Waals surface area (Å²) >= 11 is 0. The molecule has 6 nitrogen and oxygen atoms in total. The van der Waals surface area contributed by atoms with Gasteiger partial charge in [-0.1, -0.05) is 0 Å². The number of hydrogen-bond acceptors (Lipinski definition) is 6. The van der Waals surface area contributed by atoms with E-state index in [2.05, 4.69) is 26.3 Å². The van der Waals surface area contributed by atoms with Crippen molar-refractivity contribution < 1.29 is 9.15 Å². The minimum atomic E-state index is 0.252. The normalized spacial score (nSPS) is 26.5. The van der Waals surface area contributed by atoms with Crippen LogP contribution in [-0.2, 0) is 11.2 Å².